The Morgan fingerprint density at radius 2 is 1.65 bits per heavy atom. The zero-order valence-corrected chi connectivity index (χ0v) is 13.1. The van der Waals surface area contributed by atoms with Crippen LogP contribution >= 0.6 is 0 Å². The van der Waals surface area contributed by atoms with E-state index in [1.54, 1.807) is 42.5 Å². The SMILES string of the molecule is CC(=O)c1cccc(NC(=O)CNC(=O)c2cccc(C)c2)c1. The largest absolute Gasteiger partial charge is 0.343 e. The lowest BCUT2D eigenvalue weighted by molar-refractivity contribution is -0.115. The average molecular weight is 310 g/mol. The van der Waals surface area contributed by atoms with Crippen molar-refractivity contribution >= 4 is 23.3 Å². The zero-order valence-electron chi connectivity index (χ0n) is 13.1. The lowest BCUT2D eigenvalue weighted by Crippen LogP contribution is -2.32. The van der Waals surface area contributed by atoms with Gasteiger partial charge in [0.2, 0.25) is 5.91 Å². The van der Waals surface area contributed by atoms with Gasteiger partial charge in [-0.15, -0.1) is 0 Å². The summed E-state index contributed by atoms with van der Waals surface area (Å²) in [5, 5.41) is 5.22. The van der Waals surface area contributed by atoms with E-state index in [9.17, 15) is 14.4 Å². The molecule has 0 heterocycles. The first-order valence-electron chi connectivity index (χ1n) is 7.21. The smallest absolute Gasteiger partial charge is 0.251 e. The van der Waals surface area contributed by atoms with E-state index >= 15 is 0 Å². The second-order valence-corrected chi connectivity index (χ2v) is 5.24. The number of ketones is 1. The Morgan fingerprint density at radius 1 is 0.957 bits per heavy atom. The Labute approximate surface area is 134 Å². The fraction of sp³-hybridized carbons (Fsp3) is 0.167. The Hall–Kier alpha value is -2.95. The molecule has 0 fully saturated rings. The summed E-state index contributed by atoms with van der Waals surface area (Å²) >= 11 is 0. The molecule has 0 saturated carbocycles. The summed E-state index contributed by atoms with van der Waals surface area (Å²) in [6.07, 6.45) is 0. The molecule has 2 N–H and O–H groups in total. The van der Waals surface area contributed by atoms with Crippen LogP contribution in [0.3, 0.4) is 0 Å². The fourth-order valence-electron chi connectivity index (χ4n) is 2.07. The van der Waals surface area contributed by atoms with Gasteiger partial charge in [0.25, 0.3) is 5.91 Å². The predicted octanol–water partition coefficient (Wildman–Crippen LogP) is 2.57. The fourth-order valence-corrected chi connectivity index (χ4v) is 2.07. The maximum Gasteiger partial charge on any atom is 0.251 e. The van der Waals surface area contributed by atoms with Crippen molar-refractivity contribution < 1.29 is 14.4 Å². The molecule has 0 aromatic heterocycles. The molecule has 0 radical (unpaired) electrons. The summed E-state index contributed by atoms with van der Waals surface area (Å²) in [6, 6.07) is 13.8. The topological polar surface area (TPSA) is 75.3 Å². The maximum atomic E-state index is 12.0. The second kappa shape index (κ2) is 7.35. The molecule has 0 atom stereocenters. The van der Waals surface area contributed by atoms with Crippen molar-refractivity contribution in [3.05, 3.63) is 65.2 Å². The van der Waals surface area contributed by atoms with Crippen LogP contribution in [0.15, 0.2) is 48.5 Å². The summed E-state index contributed by atoms with van der Waals surface area (Å²) in [6.45, 7) is 3.21. The van der Waals surface area contributed by atoms with Gasteiger partial charge in [0.05, 0.1) is 6.54 Å². The van der Waals surface area contributed by atoms with Gasteiger partial charge >= 0.3 is 0 Å². The number of amides is 2. The van der Waals surface area contributed by atoms with E-state index in [1.807, 2.05) is 13.0 Å². The minimum absolute atomic E-state index is 0.0751. The van der Waals surface area contributed by atoms with E-state index < -0.39 is 0 Å². The van der Waals surface area contributed by atoms with Crippen molar-refractivity contribution in [2.24, 2.45) is 0 Å². The third kappa shape index (κ3) is 4.78. The summed E-state index contributed by atoms with van der Waals surface area (Å²) in [7, 11) is 0. The van der Waals surface area contributed by atoms with Gasteiger partial charge in [0.15, 0.2) is 5.78 Å². The number of nitrogens with one attached hydrogen (secondary N) is 2. The highest BCUT2D eigenvalue weighted by Gasteiger charge is 2.09. The van der Waals surface area contributed by atoms with Crippen LogP contribution in [0.2, 0.25) is 0 Å². The van der Waals surface area contributed by atoms with Gasteiger partial charge in [-0.3, -0.25) is 14.4 Å². The van der Waals surface area contributed by atoms with Crippen molar-refractivity contribution in [1.29, 1.82) is 0 Å². The lowest BCUT2D eigenvalue weighted by Gasteiger charge is -2.08. The molecule has 118 valence electrons. The van der Waals surface area contributed by atoms with E-state index in [-0.39, 0.29) is 24.1 Å². The molecule has 0 aliphatic carbocycles. The lowest BCUT2D eigenvalue weighted by atomic mass is 10.1. The molecule has 0 bridgehead atoms. The summed E-state index contributed by atoms with van der Waals surface area (Å²) in [5.74, 6) is -0.734. The summed E-state index contributed by atoms with van der Waals surface area (Å²) in [4.78, 5) is 35.2. The summed E-state index contributed by atoms with van der Waals surface area (Å²) in [5.41, 5.74) is 2.53. The third-order valence-corrected chi connectivity index (χ3v) is 3.24. The molecule has 2 rings (SSSR count). The van der Waals surface area contributed by atoms with Crippen molar-refractivity contribution in [1.82, 2.24) is 5.32 Å². The molecule has 23 heavy (non-hydrogen) atoms. The summed E-state index contributed by atoms with van der Waals surface area (Å²) < 4.78 is 0. The molecular formula is C18H18N2O3. The van der Waals surface area contributed by atoms with E-state index in [0.29, 0.717) is 16.8 Å². The number of anilines is 1. The zero-order chi connectivity index (χ0) is 16.8. The van der Waals surface area contributed by atoms with Crippen molar-refractivity contribution in [3.8, 4) is 0 Å². The molecule has 0 unspecified atom stereocenters. The molecule has 0 saturated heterocycles. The Kier molecular flexibility index (Phi) is 5.25. The first-order chi connectivity index (χ1) is 11.0. The standard InChI is InChI=1S/C18H18N2O3/c1-12-5-3-7-15(9-12)18(23)19-11-17(22)20-16-8-4-6-14(10-16)13(2)21/h3-10H,11H2,1-2H3,(H,19,23)(H,20,22). The van der Waals surface area contributed by atoms with Crippen LogP contribution in [-0.4, -0.2) is 24.1 Å². The van der Waals surface area contributed by atoms with Gasteiger partial charge in [-0.1, -0.05) is 29.8 Å². The number of aryl methyl sites for hydroxylation is 1. The molecule has 0 spiro atoms. The molecular weight excluding hydrogens is 292 g/mol. The minimum atomic E-state index is -0.355. The maximum absolute atomic E-state index is 12.0. The minimum Gasteiger partial charge on any atom is -0.343 e. The van der Waals surface area contributed by atoms with Crippen LogP contribution in [0.25, 0.3) is 0 Å². The Morgan fingerprint density at radius 3 is 2.35 bits per heavy atom. The molecule has 2 aromatic carbocycles. The van der Waals surface area contributed by atoms with Crippen molar-refractivity contribution in [3.63, 3.8) is 0 Å². The number of carbonyl (C=O) groups excluding carboxylic acids is 3. The molecule has 0 aliphatic rings. The van der Waals surface area contributed by atoms with E-state index in [4.69, 9.17) is 0 Å². The van der Waals surface area contributed by atoms with E-state index in [2.05, 4.69) is 10.6 Å². The molecule has 2 aromatic rings. The monoisotopic (exact) mass is 310 g/mol. The van der Waals surface area contributed by atoms with Crippen LogP contribution in [0.1, 0.15) is 33.2 Å². The molecule has 5 nitrogen and oxygen atoms in total. The van der Waals surface area contributed by atoms with Crippen LogP contribution in [0.5, 0.6) is 0 Å². The normalized spacial score (nSPS) is 10.0. The van der Waals surface area contributed by atoms with E-state index in [0.717, 1.165) is 5.56 Å². The highest BCUT2D eigenvalue weighted by Crippen LogP contribution is 2.11. The third-order valence-electron chi connectivity index (χ3n) is 3.24. The molecule has 5 heteroatoms. The van der Waals surface area contributed by atoms with Gasteiger partial charge in [-0.25, -0.2) is 0 Å². The van der Waals surface area contributed by atoms with Crippen LogP contribution in [-0.2, 0) is 4.79 Å². The number of hydrogen-bond acceptors (Lipinski definition) is 3. The van der Waals surface area contributed by atoms with Crippen LogP contribution in [0.4, 0.5) is 5.69 Å². The van der Waals surface area contributed by atoms with Gasteiger partial charge in [0.1, 0.15) is 0 Å². The van der Waals surface area contributed by atoms with Crippen molar-refractivity contribution in [2.45, 2.75) is 13.8 Å². The Balaban J connectivity index is 1.91. The molecule has 0 aliphatic heterocycles. The van der Waals surface area contributed by atoms with E-state index in [1.165, 1.54) is 6.92 Å². The Bertz CT molecular complexity index is 753. The van der Waals surface area contributed by atoms with Gasteiger partial charge in [-0.05, 0) is 38.1 Å². The first-order valence-corrected chi connectivity index (χ1v) is 7.21. The highest BCUT2D eigenvalue weighted by molar-refractivity contribution is 6.00. The second-order valence-electron chi connectivity index (χ2n) is 5.24. The van der Waals surface area contributed by atoms with Gasteiger partial charge < -0.3 is 10.6 Å². The number of Topliss-reactive ketones (excluding diaryl/α,β-unsaturated/α-hetero) is 1. The predicted molar refractivity (Wildman–Crippen MR) is 88.6 cm³/mol. The molecule has 2 amide bonds. The number of rotatable bonds is 5. The van der Waals surface area contributed by atoms with Crippen LogP contribution in [0, 0.1) is 6.92 Å². The highest BCUT2D eigenvalue weighted by atomic mass is 16.2. The van der Waals surface area contributed by atoms with Crippen LogP contribution < -0.4 is 10.6 Å². The quantitative estimate of drug-likeness (QED) is 0.833. The number of benzene rings is 2. The average Bonchev–Trinajstić information content (AvgIpc) is 2.53. The first kappa shape index (κ1) is 16.4. The van der Waals surface area contributed by atoms with Crippen molar-refractivity contribution in [2.75, 3.05) is 11.9 Å². The number of hydrogen-bond donors (Lipinski definition) is 2. The van der Waals surface area contributed by atoms with Gasteiger partial charge in [-0.2, -0.15) is 0 Å². The van der Waals surface area contributed by atoms with Gasteiger partial charge in [0, 0.05) is 16.8 Å². The number of carbonyl (C=O) groups is 3.